The monoisotopic (exact) mass is 405 g/mol. The Labute approximate surface area is 161 Å². The number of halogens is 3. The second-order valence-corrected chi connectivity index (χ2v) is 6.27. The van der Waals surface area contributed by atoms with Crippen LogP contribution in [-0.4, -0.2) is 14.9 Å². The van der Waals surface area contributed by atoms with Gasteiger partial charge in [-0.2, -0.15) is 18.2 Å². The third kappa shape index (κ3) is 4.42. The van der Waals surface area contributed by atoms with Crippen molar-refractivity contribution in [3.05, 3.63) is 79.2 Å². The summed E-state index contributed by atoms with van der Waals surface area (Å²) in [6.07, 6.45) is -2.15. The van der Waals surface area contributed by atoms with Crippen LogP contribution in [0.4, 0.5) is 18.9 Å². The Hall–Kier alpha value is -3.69. The number of hydrogen-bond acceptors (Lipinski definition) is 5. The van der Waals surface area contributed by atoms with E-state index in [2.05, 4.69) is 4.98 Å². The van der Waals surface area contributed by atoms with Crippen molar-refractivity contribution in [2.75, 3.05) is 0 Å². The molecule has 10 heteroatoms. The van der Waals surface area contributed by atoms with Crippen molar-refractivity contribution in [1.29, 1.82) is 0 Å². The van der Waals surface area contributed by atoms with Gasteiger partial charge in [0.05, 0.1) is 10.6 Å². The van der Waals surface area contributed by atoms with Crippen LogP contribution in [0.2, 0.25) is 0 Å². The van der Waals surface area contributed by atoms with Crippen molar-refractivity contribution in [1.82, 2.24) is 9.97 Å². The fourth-order valence-corrected chi connectivity index (χ4v) is 2.77. The van der Waals surface area contributed by atoms with Crippen LogP contribution in [0.15, 0.2) is 39.5 Å². The van der Waals surface area contributed by atoms with E-state index in [1.165, 1.54) is 18.2 Å². The molecule has 0 aliphatic carbocycles. The van der Waals surface area contributed by atoms with Crippen molar-refractivity contribution in [2.24, 2.45) is 0 Å². The van der Waals surface area contributed by atoms with E-state index in [4.69, 9.17) is 4.42 Å². The predicted molar refractivity (Wildman–Crippen MR) is 99.1 cm³/mol. The molecule has 0 unspecified atom stereocenters. The molecular formula is C19H14F3N3O4. The molecule has 3 aromatic rings. The minimum Gasteiger partial charge on any atom is -0.457 e. The molecule has 0 saturated carbocycles. The zero-order chi connectivity index (χ0) is 21.3. The van der Waals surface area contributed by atoms with Gasteiger partial charge in [0.25, 0.3) is 5.69 Å². The SMILES string of the molecule is Cc1cc(C)c([N+](=O)[O-])cc1-c1ccc(C=Cc2cc(C(F)(F)F)[nH]c(=O)n2)o1. The molecule has 150 valence electrons. The number of alkyl halides is 3. The minimum absolute atomic E-state index is 0.0496. The minimum atomic E-state index is -4.71. The largest absolute Gasteiger partial charge is 0.457 e. The van der Waals surface area contributed by atoms with E-state index >= 15 is 0 Å². The molecule has 0 amide bonds. The third-order valence-electron chi connectivity index (χ3n) is 4.12. The summed E-state index contributed by atoms with van der Waals surface area (Å²) in [7, 11) is 0. The number of hydrogen-bond donors (Lipinski definition) is 1. The van der Waals surface area contributed by atoms with Gasteiger partial charge in [0, 0.05) is 17.2 Å². The van der Waals surface area contributed by atoms with Gasteiger partial charge in [-0.25, -0.2) is 4.79 Å². The fourth-order valence-electron chi connectivity index (χ4n) is 2.77. The summed E-state index contributed by atoms with van der Waals surface area (Å²) in [5.41, 5.74) is -0.766. The highest BCUT2D eigenvalue weighted by atomic mass is 19.4. The Kier molecular flexibility index (Phi) is 5.10. The van der Waals surface area contributed by atoms with Crippen LogP contribution >= 0.6 is 0 Å². The molecule has 0 bridgehead atoms. The Balaban J connectivity index is 1.92. The maximum absolute atomic E-state index is 12.8. The average molecular weight is 405 g/mol. The number of nitro groups is 1. The topological polar surface area (TPSA) is 102 Å². The van der Waals surface area contributed by atoms with Crippen molar-refractivity contribution in [3.63, 3.8) is 0 Å². The number of aryl methyl sites for hydroxylation is 2. The average Bonchev–Trinajstić information content (AvgIpc) is 3.07. The first-order valence-electron chi connectivity index (χ1n) is 8.27. The highest BCUT2D eigenvalue weighted by Crippen LogP contribution is 2.32. The number of furan rings is 1. The first kappa shape index (κ1) is 20.1. The van der Waals surface area contributed by atoms with Gasteiger partial charge in [-0.1, -0.05) is 0 Å². The molecule has 0 saturated heterocycles. The number of nitrogens with one attached hydrogen (secondary N) is 1. The second kappa shape index (κ2) is 7.38. The normalized spacial score (nSPS) is 11.9. The van der Waals surface area contributed by atoms with Gasteiger partial charge < -0.3 is 9.40 Å². The molecule has 0 aliphatic heterocycles. The quantitative estimate of drug-likeness (QED) is 0.499. The van der Waals surface area contributed by atoms with Crippen LogP contribution < -0.4 is 5.69 Å². The summed E-state index contributed by atoms with van der Waals surface area (Å²) < 4.78 is 43.9. The number of rotatable bonds is 4. The van der Waals surface area contributed by atoms with E-state index in [9.17, 15) is 28.1 Å². The second-order valence-electron chi connectivity index (χ2n) is 6.27. The Morgan fingerprint density at radius 2 is 1.86 bits per heavy atom. The molecule has 0 radical (unpaired) electrons. The molecule has 0 spiro atoms. The molecule has 29 heavy (non-hydrogen) atoms. The first-order valence-corrected chi connectivity index (χ1v) is 8.27. The van der Waals surface area contributed by atoms with Crippen molar-refractivity contribution in [2.45, 2.75) is 20.0 Å². The number of nitrogens with zero attached hydrogens (tertiary/aromatic N) is 2. The molecule has 2 aromatic heterocycles. The van der Waals surface area contributed by atoms with E-state index in [-0.39, 0.29) is 17.1 Å². The molecule has 7 nitrogen and oxygen atoms in total. The van der Waals surface area contributed by atoms with Crippen LogP contribution in [0, 0.1) is 24.0 Å². The third-order valence-corrected chi connectivity index (χ3v) is 4.12. The van der Waals surface area contributed by atoms with E-state index in [0.29, 0.717) is 23.0 Å². The Bertz CT molecular complexity index is 1180. The maximum atomic E-state index is 12.8. The molecule has 3 rings (SSSR count). The highest BCUT2D eigenvalue weighted by Gasteiger charge is 2.32. The highest BCUT2D eigenvalue weighted by molar-refractivity contribution is 5.70. The van der Waals surface area contributed by atoms with Gasteiger partial charge >= 0.3 is 11.9 Å². The summed E-state index contributed by atoms with van der Waals surface area (Å²) in [4.78, 5) is 27.1. The summed E-state index contributed by atoms with van der Waals surface area (Å²) in [6.45, 7) is 3.41. The van der Waals surface area contributed by atoms with Crippen LogP contribution in [0.3, 0.4) is 0 Å². The van der Waals surface area contributed by atoms with Crippen LogP contribution in [-0.2, 0) is 6.18 Å². The Morgan fingerprint density at radius 3 is 2.52 bits per heavy atom. The summed E-state index contributed by atoms with van der Waals surface area (Å²) >= 11 is 0. The molecule has 2 heterocycles. The first-order chi connectivity index (χ1) is 13.5. The van der Waals surface area contributed by atoms with Crippen molar-refractivity contribution in [3.8, 4) is 11.3 Å². The van der Waals surface area contributed by atoms with E-state index < -0.39 is 22.5 Å². The van der Waals surface area contributed by atoms with Crippen LogP contribution in [0.5, 0.6) is 0 Å². The lowest BCUT2D eigenvalue weighted by molar-refractivity contribution is -0.385. The lowest BCUT2D eigenvalue weighted by Crippen LogP contribution is -2.19. The summed E-state index contributed by atoms with van der Waals surface area (Å²) in [6, 6.07) is 6.92. The van der Waals surface area contributed by atoms with Gasteiger partial charge in [0.2, 0.25) is 0 Å². The molecule has 1 N–H and O–H groups in total. The number of H-pyrrole nitrogens is 1. The Morgan fingerprint density at radius 1 is 1.14 bits per heavy atom. The summed E-state index contributed by atoms with van der Waals surface area (Å²) in [5.74, 6) is 0.637. The summed E-state index contributed by atoms with van der Waals surface area (Å²) in [5, 5.41) is 11.2. The lowest BCUT2D eigenvalue weighted by atomic mass is 10.0. The van der Waals surface area contributed by atoms with Crippen LogP contribution in [0.25, 0.3) is 23.5 Å². The van der Waals surface area contributed by atoms with Gasteiger partial charge in [-0.3, -0.25) is 10.1 Å². The number of aromatic nitrogens is 2. The fraction of sp³-hybridized carbons (Fsp3) is 0.158. The van der Waals surface area contributed by atoms with Crippen molar-refractivity contribution < 1.29 is 22.5 Å². The smallest absolute Gasteiger partial charge is 0.431 e. The van der Waals surface area contributed by atoms with Gasteiger partial charge in [0.1, 0.15) is 17.2 Å². The maximum Gasteiger partial charge on any atom is 0.431 e. The van der Waals surface area contributed by atoms with E-state index in [1.54, 1.807) is 37.0 Å². The molecule has 1 aromatic carbocycles. The standard InChI is InChI=1S/C19H14F3N3O4/c1-10-7-11(2)15(25(27)28)9-14(10)16-6-5-13(29-16)4-3-12-8-17(19(20,21)22)24-18(26)23-12/h3-9H,1-2H3,(H,23,24,26). The molecule has 0 atom stereocenters. The van der Waals surface area contributed by atoms with E-state index in [0.717, 1.165) is 5.56 Å². The van der Waals surface area contributed by atoms with Gasteiger partial charge in [-0.15, -0.1) is 0 Å². The number of aromatic amines is 1. The molecular weight excluding hydrogens is 391 g/mol. The van der Waals surface area contributed by atoms with Gasteiger partial charge in [0.15, 0.2) is 0 Å². The number of benzene rings is 1. The van der Waals surface area contributed by atoms with Crippen molar-refractivity contribution >= 4 is 17.8 Å². The molecule has 0 fully saturated rings. The van der Waals surface area contributed by atoms with Gasteiger partial charge in [-0.05, 0) is 55.8 Å². The van der Waals surface area contributed by atoms with E-state index in [1.807, 2.05) is 0 Å². The number of nitro benzene ring substituents is 1. The predicted octanol–water partition coefficient (Wildman–Crippen LogP) is 4.74. The van der Waals surface area contributed by atoms with Crippen LogP contribution in [0.1, 0.15) is 28.3 Å². The zero-order valence-electron chi connectivity index (χ0n) is 15.2. The zero-order valence-corrected chi connectivity index (χ0v) is 15.2. The lowest BCUT2D eigenvalue weighted by Gasteiger charge is -2.05. The molecule has 0 aliphatic rings.